The smallest absolute Gasteiger partial charge is 0.306 e. The molecule has 2 aromatic rings. The third kappa shape index (κ3) is 7.05. The van der Waals surface area contributed by atoms with E-state index in [1.807, 2.05) is 6.07 Å². The molecular formula is C18H17ClN2O4. The van der Waals surface area contributed by atoms with Gasteiger partial charge in [0.2, 0.25) is 5.91 Å². The Labute approximate surface area is 150 Å². The summed E-state index contributed by atoms with van der Waals surface area (Å²) in [5.41, 5.74) is 1.20. The second kappa shape index (κ2) is 9.44. The summed E-state index contributed by atoms with van der Waals surface area (Å²) >= 11 is 5.76. The molecule has 25 heavy (non-hydrogen) atoms. The second-order valence-corrected chi connectivity index (χ2v) is 5.57. The first-order chi connectivity index (χ1) is 12.0. The van der Waals surface area contributed by atoms with E-state index < -0.39 is 18.5 Å². The van der Waals surface area contributed by atoms with Gasteiger partial charge in [0, 0.05) is 22.8 Å². The van der Waals surface area contributed by atoms with Crippen molar-refractivity contribution < 1.29 is 19.1 Å². The zero-order chi connectivity index (χ0) is 18.1. The highest BCUT2D eigenvalue weighted by Gasteiger charge is 2.11. The summed E-state index contributed by atoms with van der Waals surface area (Å²) in [6.45, 7) is -0.396. The van der Waals surface area contributed by atoms with Gasteiger partial charge in [-0.25, -0.2) is 0 Å². The Balaban J connectivity index is 1.65. The number of hydrogen-bond donors (Lipinski definition) is 2. The number of halogens is 1. The largest absolute Gasteiger partial charge is 0.456 e. The minimum Gasteiger partial charge on any atom is -0.456 e. The number of amides is 2. The predicted octanol–water partition coefficient (Wildman–Crippen LogP) is 3.24. The summed E-state index contributed by atoms with van der Waals surface area (Å²) in [5.74, 6) is -1.38. The summed E-state index contributed by atoms with van der Waals surface area (Å²) in [4.78, 5) is 35.0. The van der Waals surface area contributed by atoms with Crippen molar-refractivity contribution in [3.05, 3.63) is 59.6 Å². The molecule has 0 unspecified atom stereocenters. The maximum Gasteiger partial charge on any atom is 0.306 e. The van der Waals surface area contributed by atoms with E-state index in [9.17, 15) is 14.4 Å². The molecule has 0 aliphatic heterocycles. The van der Waals surface area contributed by atoms with Gasteiger partial charge in [-0.3, -0.25) is 14.4 Å². The molecule has 2 aromatic carbocycles. The lowest BCUT2D eigenvalue weighted by Crippen LogP contribution is -2.21. The molecule has 0 heterocycles. The van der Waals surface area contributed by atoms with Crippen LogP contribution in [-0.4, -0.2) is 24.4 Å². The third-order valence-corrected chi connectivity index (χ3v) is 3.36. The molecule has 0 aromatic heterocycles. The Kier molecular flexibility index (Phi) is 6.98. The van der Waals surface area contributed by atoms with E-state index in [0.717, 1.165) is 0 Å². The lowest BCUT2D eigenvalue weighted by atomic mass is 10.2. The lowest BCUT2D eigenvalue weighted by Gasteiger charge is -2.07. The molecule has 0 radical (unpaired) electrons. The summed E-state index contributed by atoms with van der Waals surface area (Å²) in [5, 5.41) is 5.80. The van der Waals surface area contributed by atoms with Crippen molar-refractivity contribution in [2.45, 2.75) is 12.8 Å². The van der Waals surface area contributed by atoms with Gasteiger partial charge in [-0.05, 0) is 36.4 Å². The maximum absolute atomic E-state index is 11.7. The summed E-state index contributed by atoms with van der Waals surface area (Å²) < 4.78 is 4.84. The number of anilines is 2. The fourth-order valence-corrected chi connectivity index (χ4v) is 2.04. The van der Waals surface area contributed by atoms with Crippen molar-refractivity contribution in [3.8, 4) is 0 Å². The highest BCUT2D eigenvalue weighted by atomic mass is 35.5. The van der Waals surface area contributed by atoms with Crippen LogP contribution in [0.4, 0.5) is 11.4 Å². The van der Waals surface area contributed by atoms with Crippen molar-refractivity contribution in [2.24, 2.45) is 0 Å². The first-order valence-corrected chi connectivity index (χ1v) is 7.96. The number of ether oxygens (including phenoxy) is 1. The first kappa shape index (κ1) is 18.5. The van der Waals surface area contributed by atoms with E-state index in [1.54, 1.807) is 48.5 Å². The number of hydrogen-bond acceptors (Lipinski definition) is 4. The predicted molar refractivity (Wildman–Crippen MR) is 95.3 cm³/mol. The lowest BCUT2D eigenvalue weighted by molar-refractivity contribution is -0.147. The standard InChI is InChI=1S/C18H17ClN2O4/c19-13-6-8-15(9-7-13)20-16(22)10-11-18(24)25-12-17(23)21-14-4-2-1-3-5-14/h1-9H,10-12H2,(H,20,22)(H,21,23). The number of benzene rings is 2. The molecule has 0 saturated carbocycles. The van der Waals surface area contributed by atoms with Crippen molar-refractivity contribution >= 4 is 40.8 Å². The molecular weight excluding hydrogens is 344 g/mol. The van der Waals surface area contributed by atoms with Gasteiger partial charge in [-0.1, -0.05) is 29.8 Å². The number of para-hydroxylation sites is 1. The fourth-order valence-electron chi connectivity index (χ4n) is 1.91. The number of nitrogens with one attached hydrogen (secondary N) is 2. The monoisotopic (exact) mass is 360 g/mol. The molecule has 7 heteroatoms. The van der Waals surface area contributed by atoms with E-state index in [0.29, 0.717) is 16.4 Å². The molecule has 130 valence electrons. The van der Waals surface area contributed by atoms with E-state index in [4.69, 9.17) is 16.3 Å². The summed E-state index contributed by atoms with van der Waals surface area (Å²) in [7, 11) is 0. The molecule has 0 atom stereocenters. The Morgan fingerprint density at radius 3 is 2.08 bits per heavy atom. The highest BCUT2D eigenvalue weighted by Crippen LogP contribution is 2.13. The Morgan fingerprint density at radius 2 is 1.40 bits per heavy atom. The van der Waals surface area contributed by atoms with E-state index in [-0.39, 0.29) is 18.7 Å². The van der Waals surface area contributed by atoms with Crippen LogP contribution in [0.1, 0.15) is 12.8 Å². The molecule has 0 saturated heterocycles. The normalized spacial score (nSPS) is 9.96. The molecule has 2 amide bonds. The average molecular weight is 361 g/mol. The van der Waals surface area contributed by atoms with E-state index >= 15 is 0 Å². The molecule has 0 aliphatic rings. The maximum atomic E-state index is 11.7. The van der Waals surface area contributed by atoms with Gasteiger partial charge in [-0.15, -0.1) is 0 Å². The van der Waals surface area contributed by atoms with Crippen molar-refractivity contribution in [2.75, 3.05) is 17.2 Å². The van der Waals surface area contributed by atoms with Gasteiger partial charge in [0.05, 0.1) is 6.42 Å². The second-order valence-electron chi connectivity index (χ2n) is 5.13. The van der Waals surface area contributed by atoms with Crippen molar-refractivity contribution in [1.82, 2.24) is 0 Å². The Morgan fingerprint density at radius 1 is 0.800 bits per heavy atom. The van der Waals surface area contributed by atoms with Gasteiger partial charge in [0.25, 0.3) is 5.91 Å². The number of esters is 1. The van der Waals surface area contributed by atoms with Gasteiger partial charge in [0.1, 0.15) is 0 Å². The van der Waals surface area contributed by atoms with Gasteiger partial charge >= 0.3 is 5.97 Å². The van der Waals surface area contributed by atoms with Gasteiger partial charge in [-0.2, -0.15) is 0 Å². The van der Waals surface area contributed by atoms with Crippen LogP contribution < -0.4 is 10.6 Å². The molecule has 2 N–H and O–H groups in total. The van der Waals surface area contributed by atoms with Crippen LogP contribution in [0.25, 0.3) is 0 Å². The van der Waals surface area contributed by atoms with E-state index in [1.165, 1.54) is 0 Å². The number of carbonyl (C=O) groups is 3. The molecule has 0 bridgehead atoms. The molecule has 2 rings (SSSR count). The SMILES string of the molecule is O=C(CCC(=O)OCC(=O)Nc1ccccc1)Nc1ccc(Cl)cc1. The van der Waals surface area contributed by atoms with Crippen LogP contribution in [0.3, 0.4) is 0 Å². The molecule has 0 spiro atoms. The van der Waals surface area contributed by atoms with Crippen molar-refractivity contribution in [1.29, 1.82) is 0 Å². The molecule has 6 nitrogen and oxygen atoms in total. The van der Waals surface area contributed by atoms with Crippen LogP contribution >= 0.6 is 11.6 Å². The third-order valence-electron chi connectivity index (χ3n) is 3.11. The van der Waals surface area contributed by atoms with Crippen LogP contribution in [0.5, 0.6) is 0 Å². The van der Waals surface area contributed by atoms with Crippen LogP contribution in [0.2, 0.25) is 5.02 Å². The zero-order valence-corrected chi connectivity index (χ0v) is 14.1. The summed E-state index contributed by atoms with van der Waals surface area (Å²) in [6.07, 6.45) is -0.153. The van der Waals surface area contributed by atoms with E-state index in [2.05, 4.69) is 10.6 Å². The number of carbonyl (C=O) groups excluding carboxylic acids is 3. The fraction of sp³-hybridized carbons (Fsp3) is 0.167. The van der Waals surface area contributed by atoms with Crippen LogP contribution in [-0.2, 0) is 19.1 Å². The minimum atomic E-state index is -0.616. The van der Waals surface area contributed by atoms with Crippen LogP contribution in [0, 0.1) is 0 Å². The number of rotatable bonds is 7. The Hall–Kier alpha value is -2.86. The minimum absolute atomic E-state index is 0.0399. The highest BCUT2D eigenvalue weighted by molar-refractivity contribution is 6.30. The molecule has 0 fully saturated rings. The van der Waals surface area contributed by atoms with Gasteiger partial charge < -0.3 is 15.4 Å². The average Bonchev–Trinajstić information content (AvgIpc) is 2.61. The topological polar surface area (TPSA) is 84.5 Å². The van der Waals surface area contributed by atoms with Gasteiger partial charge in [0.15, 0.2) is 6.61 Å². The summed E-state index contributed by atoms with van der Waals surface area (Å²) in [6, 6.07) is 15.4. The quantitative estimate of drug-likeness (QED) is 0.742. The zero-order valence-electron chi connectivity index (χ0n) is 13.3. The van der Waals surface area contributed by atoms with Crippen molar-refractivity contribution in [3.63, 3.8) is 0 Å². The molecule has 0 aliphatic carbocycles. The Bertz CT molecular complexity index is 733. The van der Waals surface area contributed by atoms with Crippen LogP contribution in [0.15, 0.2) is 54.6 Å². The first-order valence-electron chi connectivity index (χ1n) is 7.59.